The van der Waals surface area contributed by atoms with Crippen LogP contribution in [-0.4, -0.2) is 61.2 Å². The first kappa shape index (κ1) is 19.8. The molecular formula is C24H26N4O3S. The molecule has 1 saturated heterocycles. The fraction of sp³-hybridized carbons (Fsp3) is 0.417. The Morgan fingerprint density at radius 1 is 1.06 bits per heavy atom. The van der Waals surface area contributed by atoms with E-state index in [1.165, 1.54) is 16.5 Å². The Bertz CT molecular complexity index is 1140. The van der Waals surface area contributed by atoms with Gasteiger partial charge in [0, 0.05) is 50.2 Å². The Morgan fingerprint density at radius 3 is 2.81 bits per heavy atom. The van der Waals surface area contributed by atoms with Crippen molar-refractivity contribution in [2.45, 2.75) is 6.42 Å². The number of fused-ring (bicyclic) bond motifs is 2. The zero-order valence-electron chi connectivity index (χ0n) is 17.8. The minimum absolute atomic E-state index is 0.0435. The summed E-state index contributed by atoms with van der Waals surface area (Å²) in [5, 5.41) is 4.36. The number of carbonyl (C=O) groups is 1. The first-order chi connectivity index (χ1) is 15.7. The van der Waals surface area contributed by atoms with Crippen molar-refractivity contribution in [1.29, 1.82) is 0 Å². The van der Waals surface area contributed by atoms with Gasteiger partial charge in [-0.2, -0.15) is 4.37 Å². The number of piperazine rings is 1. The van der Waals surface area contributed by atoms with Crippen LogP contribution >= 0.6 is 11.5 Å². The predicted octanol–water partition coefficient (Wildman–Crippen LogP) is 3.21. The van der Waals surface area contributed by atoms with E-state index in [0.717, 1.165) is 45.1 Å². The van der Waals surface area contributed by atoms with Crippen molar-refractivity contribution < 1.29 is 14.3 Å². The fourth-order valence-electron chi connectivity index (χ4n) is 4.72. The van der Waals surface area contributed by atoms with E-state index in [1.54, 1.807) is 29.7 Å². The molecule has 3 aromatic rings. The van der Waals surface area contributed by atoms with E-state index in [9.17, 15) is 4.79 Å². The van der Waals surface area contributed by atoms with Gasteiger partial charge in [0.15, 0.2) is 11.5 Å². The summed E-state index contributed by atoms with van der Waals surface area (Å²) in [5.41, 5.74) is 0.622. The molecular weight excluding hydrogens is 424 g/mol. The van der Waals surface area contributed by atoms with Gasteiger partial charge in [-0.25, -0.2) is 0 Å². The van der Waals surface area contributed by atoms with Crippen molar-refractivity contribution in [3.05, 3.63) is 48.0 Å². The molecule has 2 aromatic carbocycles. The molecule has 1 N–H and O–H groups in total. The van der Waals surface area contributed by atoms with E-state index >= 15 is 0 Å². The van der Waals surface area contributed by atoms with Crippen molar-refractivity contribution in [2.24, 2.45) is 11.8 Å². The van der Waals surface area contributed by atoms with E-state index in [-0.39, 0.29) is 12.7 Å². The third-order valence-electron chi connectivity index (χ3n) is 6.75. The molecule has 0 spiro atoms. The molecule has 32 heavy (non-hydrogen) atoms. The fourth-order valence-corrected chi connectivity index (χ4v) is 5.52. The molecule has 1 saturated carbocycles. The largest absolute Gasteiger partial charge is 0.454 e. The second-order valence-corrected chi connectivity index (χ2v) is 9.63. The number of aromatic nitrogens is 1. The van der Waals surface area contributed by atoms with Crippen LogP contribution in [0.2, 0.25) is 0 Å². The van der Waals surface area contributed by atoms with Gasteiger partial charge >= 0.3 is 0 Å². The minimum atomic E-state index is -0.0435. The Kier molecular flexibility index (Phi) is 5.11. The molecule has 3 aliphatic rings. The van der Waals surface area contributed by atoms with Gasteiger partial charge in [-0.05, 0) is 60.1 Å². The number of rotatable bonds is 6. The summed E-state index contributed by atoms with van der Waals surface area (Å²) in [6.07, 6.45) is 1.19. The van der Waals surface area contributed by atoms with Crippen LogP contribution in [-0.2, 0) is 0 Å². The van der Waals surface area contributed by atoms with Crippen molar-refractivity contribution in [1.82, 2.24) is 14.6 Å². The number of anilines is 1. The number of nitrogens with zero attached hydrogens (tertiary/aromatic N) is 3. The highest BCUT2D eigenvalue weighted by Crippen LogP contribution is 2.39. The highest BCUT2D eigenvalue weighted by molar-refractivity contribution is 7.13. The molecule has 8 heteroatoms. The van der Waals surface area contributed by atoms with Crippen LogP contribution in [0.4, 0.5) is 5.82 Å². The molecule has 2 fully saturated rings. The number of hydrogen-bond donors (Lipinski definition) is 1. The topological polar surface area (TPSA) is 66.9 Å². The highest BCUT2D eigenvalue weighted by atomic mass is 32.1. The molecule has 0 bridgehead atoms. The third-order valence-corrected chi connectivity index (χ3v) is 7.57. The Balaban J connectivity index is 0.958. The molecule has 2 aliphatic heterocycles. The standard InChI is InChI=1S/C24H26N4O3S/c29-24(16-5-6-20-21(12-16)31-15-30-20)25-13-17-11-18(17)14-27-7-9-28(10-8-27)23-19-3-1-2-4-22(19)32-26-23/h1-6,12,17-18H,7-11,13-15H2,(H,25,29). The number of ether oxygens (including phenoxy) is 2. The Labute approximate surface area is 191 Å². The maximum Gasteiger partial charge on any atom is 0.251 e. The smallest absolute Gasteiger partial charge is 0.251 e. The van der Waals surface area contributed by atoms with Crippen LogP contribution in [0, 0.1) is 11.8 Å². The number of carbonyl (C=O) groups excluding carboxylic acids is 1. The van der Waals surface area contributed by atoms with E-state index in [4.69, 9.17) is 13.8 Å². The van der Waals surface area contributed by atoms with E-state index in [1.807, 2.05) is 0 Å². The maximum atomic E-state index is 12.5. The summed E-state index contributed by atoms with van der Waals surface area (Å²) < 4.78 is 16.6. The van der Waals surface area contributed by atoms with Gasteiger partial charge in [-0.3, -0.25) is 9.69 Å². The summed E-state index contributed by atoms with van der Waals surface area (Å²) in [7, 11) is 0. The normalized spacial score (nSPS) is 22.3. The van der Waals surface area contributed by atoms with Gasteiger partial charge in [-0.1, -0.05) is 12.1 Å². The molecule has 3 heterocycles. The van der Waals surface area contributed by atoms with E-state index < -0.39 is 0 Å². The van der Waals surface area contributed by atoms with Crippen molar-refractivity contribution in [3.8, 4) is 11.5 Å². The molecule has 1 amide bonds. The lowest BCUT2D eigenvalue weighted by atomic mass is 10.2. The zero-order valence-corrected chi connectivity index (χ0v) is 18.6. The Morgan fingerprint density at radius 2 is 1.91 bits per heavy atom. The quantitative estimate of drug-likeness (QED) is 0.622. The monoisotopic (exact) mass is 450 g/mol. The van der Waals surface area contributed by atoms with Crippen LogP contribution in [0.25, 0.3) is 10.1 Å². The van der Waals surface area contributed by atoms with Crippen LogP contribution in [0.1, 0.15) is 16.8 Å². The number of amides is 1. The van der Waals surface area contributed by atoms with Crippen LogP contribution < -0.4 is 19.7 Å². The average Bonchev–Trinajstić information content (AvgIpc) is 3.21. The Hall–Kier alpha value is -2.84. The lowest BCUT2D eigenvalue weighted by Gasteiger charge is -2.35. The molecule has 1 aromatic heterocycles. The average molecular weight is 451 g/mol. The third kappa shape index (κ3) is 3.89. The second kappa shape index (κ2) is 8.26. The highest BCUT2D eigenvalue weighted by Gasteiger charge is 2.38. The molecule has 7 nitrogen and oxygen atoms in total. The predicted molar refractivity (Wildman–Crippen MR) is 125 cm³/mol. The summed E-state index contributed by atoms with van der Waals surface area (Å²) in [6.45, 7) is 6.26. The van der Waals surface area contributed by atoms with Gasteiger partial charge in [0.05, 0.1) is 4.70 Å². The zero-order chi connectivity index (χ0) is 21.5. The molecule has 2 unspecified atom stereocenters. The minimum Gasteiger partial charge on any atom is -0.454 e. The number of nitrogens with one attached hydrogen (secondary N) is 1. The molecule has 166 valence electrons. The van der Waals surface area contributed by atoms with Crippen molar-refractivity contribution >= 4 is 33.3 Å². The van der Waals surface area contributed by atoms with E-state index in [0.29, 0.717) is 28.9 Å². The van der Waals surface area contributed by atoms with Crippen molar-refractivity contribution in [3.63, 3.8) is 0 Å². The lowest BCUT2D eigenvalue weighted by molar-refractivity contribution is 0.0950. The second-order valence-electron chi connectivity index (χ2n) is 8.82. The molecule has 0 radical (unpaired) electrons. The van der Waals surface area contributed by atoms with Gasteiger partial charge in [0.2, 0.25) is 6.79 Å². The van der Waals surface area contributed by atoms with Crippen LogP contribution in [0.15, 0.2) is 42.5 Å². The molecule has 2 atom stereocenters. The van der Waals surface area contributed by atoms with Gasteiger partial charge in [0.1, 0.15) is 5.82 Å². The van der Waals surface area contributed by atoms with Crippen molar-refractivity contribution in [2.75, 3.05) is 51.0 Å². The number of hydrogen-bond acceptors (Lipinski definition) is 7. The maximum absolute atomic E-state index is 12.5. The van der Waals surface area contributed by atoms with Crippen LogP contribution in [0.3, 0.4) is 0 Å². The lowest BCUT2D eigenvalue weighted by Crippen LogP contribution is -2.47. The van der Waals surface area contributed by atoms with Crippen LogP contribution in [0.5, 0.6) is 11.5 Å². The summed E-state index contributed by atoms with van der Waals surface area (Å²) >= 11 is 1.59. The first-order valence-electron chi connectivity index (χ1n) is 11.2. The molecule has 1 aliphatic carbocycles. The molecule has 6 rings (SSSR count). The summed E-state index contributed by atoms with van der Waals surface area (Å²) in [4.78, 5) is 17.5. The SMILES string of the molecule is O=C(NCC1CC1CN1CCN(c2nsc3ccccc23)CC1)c1ccc2c(c1)OCO2. The van der Waals surface area contributed by atoms with Gasteiger partial charge < -0.3 is 19.7 Å². The van der Waals surface area contributed by atoms with E-state index in [2.05, 4.69) is 39.4 Å². The first-order valence-corrected chi connectivity index (χ1v) is 12.0. The summed E-state index contributed by atoms with van der Waals surface area (Å²) in [6, 6.07) is 13.8. The van der Waals surface area contributed by atoms with Gasteiger partial charge in [-0.15, -0.1) is 0 Å². The summed E-state index contributed by atoms with van der Waals surface area (Å²) in [5.74, 6) is 3.70. The van der Waals surface area contributed by atoms with Gasteiger partial charge in [0.25, 0.3) is 5.91 Å². The number of benzene rings is 2.